The lowest BCUT2D eigenvalue weighted by Gasteiger charge is -2.37. The van der Waals surface area contributed by atoms with Gasteiger partial charge in [0.25, 0.3) is 5.91 Å². The molecule has 0 N–H and O–H groups in total. The highest BCUT2D eigenvalue weighted by Gasteiger charge is 2.35. The molecule has 0 saturated carbocycles. The van der Waals surface area contributed by atoms with Crippen molar-refractivity contribution < 1.29 is 31.9 Å². The zero-order valence-electron chi connectivity index (χ0n) is 17.2. The molecule has 170 valence electrons. The molecule has 2 aliphatic rings. The van der Waals surface area contributed by atoms with Crippen LogP contribution in [0.4, 0.5) is 23.2 Å². The van der Waals surface area contributed by atoms with Crippen LogP contribution in [0, 0.1) is 11.7 Å². The molecule has 2 amide bonds. The highest BCUT2D eigenvalue weighted by atomic mass is 19.4. The summed E-state index contributed by atoms with van der Waals surface area (Å²) >= 11 is 0. The first-order chi connectivity index (χ1) is 15.2. The lowest BCUT2D eigenvalue weighted by molar-refractivity contribution is -0.274. The number of fused-ring (bicyclic) bond motifs is 1. The van der Waals surface area contributed by atoms with Gasteiger partial charge in [-0.1, -0.05) is 0 Å². The number of ether oxygens (including phenoxy) is 1. The molecule has 1 fully saturated rings. The predicted octanol–water partition coefficient (Wildman–Crippen LogP) is 4.56. The van der Waals surface area contributed by atoms with E-state index >= 15 is 0 Å². The van der Waals surface area contributed by atoms with E-state index in [1.165, 1.54) is 42.5 Å². The van der Waals surface area contributed by atoms with E-state index < -0.39 is 18.1 Å². The van der Waals surface area contributed by atoms with Gasteiger partial charge in [0.1, 0.15) is 11.6 Å². The van der Waals surface area contributed by atoms with Crippen molar-refractivity contribution in [1.82, 2.24) is 4.90 Å². The third kappa shape index (κ3) is 4.87. The van der Waals surface area contributed by atoms with Crippen molar-refractivity contribution in [2.45, 2.75) is 32.0 Å². The molecule has 32 heavy (non-hydrogen) atoms. The number of carbonyl (C=O) groups is 2. The van der Waals surface area contributed by atoms with E-state index in [1.807, 2.05) is 0 Å². The summed E-state index contributed by atoms with van der Waals surface area (Å²) < 4.78 is 54.7. The van der Waals surface area contributed by atoms with Crippen LogP contribution < -0.4 is 9.64 Å². The normalized spacial score (nSPS) is 18.8. The van der Waals surface area contributed by atoms with Crippen molar-refractivity contribution >= 4 is 17.5 Å². The van der Waals surface area contributed by atoms with Crippen molar-refractivity contribution in [1.29, 1.82) is 0 Å². The van der Waals surface area contributed by atoms with Crippen molar-refractivity contribution in [3.05, 3.63) is 59.4 Å². The van der Waals surface area contributed by atoms with E-state index in [9.17, 15) is 27.2 Å². The fraction of sp³-hybridized carbons (Fsp3) is 0.391. The van der Waals surface area contributed by atoms with Crippen LogP contribution in [0.25, 0.3) is 0 Å². The van der Waals surface area contributed by atoms with Crippen LogP contribution in [-0.2, 0) is 11.2 Å². The molecule has 5 nitrogen and oxygen atoms in total. The maximum absolute atomic E-state index is 13.3. The topological polar surface area (TPSA) is 49.9 Å². The van der Waals surface area contributed by atoms with E-state index in [0.717, 1.165) is 0 Å². The Balaban J connectivity index is 1.48. The molecule has 1 atom stereocenters. The molecule has 0 aliphatic carbocycles. The Bertz CT molecular complexity index is 1010. The second-order valence-electron chi connectivity index (χ2n) is 8.03. The summed E-state index contributed by atoms with van der Waals surface area (Å²) in [6.07, 6.45) is -2.33. The number of likely N-dealkylation sites (tertiary alicyclic amines) is 1. The Morgan fingerprint density at radius 2 is 1.75 bits per heavy atom. The van der Waals surface area contributed by atoms with Gasteiger partial charge < -0.3 is 14.5 Å². The number of hydrogen-bond donors (Lipinski definition) is 0. The van der Waals surface area contributed by atoms with Crippen LogP contribution in [0.1, 0.15) is 35.2 Å². The quantitative estimate of drug-likeness (QED) is 0.645. The average molecular weight is 450 g/mol. The largest absolute Gasteiger partial charge is 0.573 e. The van der Waals surface area contributed by atoms with Crippen molar-refractivity contribution in [3.63, 3.8) is 0 Å². The molecule has 2 aliphatic heterocycles. The van der Waals surface area contributed by atoms with Crippen molar-refractivity contribution in [3.8, 4) is 5.75 Å². The summed E-state index contributed by atoms with van der Waals surface area (Å²) in [6.45, 7) is 1.22. The maximum atomic E-state index is 13.3. The smallest absolute Gasteiger partial charge is 0.406 e. The minimum absolute atomic E-state index is 0.146. The molecule has 4 rings (SSSR count). The number of piperidine rings is 1. The van der Waals surface area contributed by atoms with E-state index in [4.69, 9.17) is 0 Å². The number of hydrogen-bond acceptors (Lipinski definition) is 3. The molecule has 1 saturated heterocycles. The number of amides is 2. The lowest BCUT2D eigenvalue weighted by atomic mass is 9.93. The number of carbonyl (C=O) groups excluding carboxylic acids is 2. The second-order valence-corrected chi connectivity index (χ2v) is 8.03. The number of alkyl halides is 3. The third-order valence-corrected chi connectivity index (χ3v) is 5.82. The van der Waals surface area contributed by atoms with Crippen LogP contribution in [0.5, 0.6) is 5.75 Å². The third-order valence-electron chi connectivity index (χ3n) is 5.82. The SMILES string of the molecule is O=C(c1ccc(F)cc1)N1CCCC(C(=O)N2CCCc3cc(OC(F)(F)F)ccc32)C1. The highest BCUT2D eigenvalue weighted by molar-refractivity contribution is 5.98. The first-order valence-corrected chi connectivity index (χ1v) is 10.5. The minimum Gasteiger partial charge on any atom is -0.406 e. The molecule has 1 unspecified atom stereocenters. The summed E-state index contributed by atoms with van der Waals surface area (Å²) in [5.41, 5.74) is 1.57. The molecule has 0 aromatic heterocycles. The van der Waals surface area contributed by atoms with Crippen molar-refractivity contribution in [2.24, 2.45) is 5.92 Å². The first kappa shape index (κ1) is 22.1. The maximum Gasteiger partial charge on any atom is 0.573 e. The average Bonchev–Trinajstić information content (AvgIpc) is 2.77. The van der Waals surface area contributed by atoms with Gasteiger partial charge in [-0.05, 0) is 73.7 Å². The Morgan fingerprint density at radius 1 is 1.00 bits per heavy atom. The monoisotopic (exact) mass is 450 g/mol. The van der Waals surface area contributed by atoms with Crippen LogP contribution >= 0.6 is 0 Å². The number of nitrogens with zero attached hydrogens (tertiary/aromatic N) is 2. The summed E-state index contributed by atoms with van der Waals surface area (Å²) in [6, 6.07) is 9.31. The van der Waals surface area contributed by atoms with Crippen LogP contribution in [0.15, 0.2) is 42.5 Å². The fourth-order valence-electron chi connectivity index (χ4n) is 4.36. The zero-order valence-corrected chi connectivity index (χ0v) is 17.2. The van der Waals surface area contributed by atoms with E-state index in [1.54, 1.807) is 9.80 Å². The van der Waals surface area contributed by atoms with Gasteiger partial charge in [0.2, 0.25) is 5.91 Å². The van der Waals surface area contributed by atoms with Gasteiger partial charge >= 0.3 is 6.36 Å². The Hall–Kier alpha value is -3.10. The molecule has 2 heterocycles. The van der Waals surface area contributed by atoms with Crippen LogP contribution in [0.2, 0.25) is 0 Å². The fourth-order valence-corrected chi connectivity index (χ4v) is 4.36. The molecule has 9 heteroatoms. The van der Waals surface area contributed by atoms with Gasteiger partial charge in [-0.2, -0.15) is 0 Å². The Kier molecular flexibility index (Phi) is 6.08. The summed E-state index contributed by atoms with van der Waals surface area (Å²) in [4.78, 5) is 29.3. The summed E-state index contributed by atoms with van der Waals surface area (Å²) in [7, 11) is 0. The van der Waals surface area contributed by atoms with Crippen LogP contribution in [-0.4, -0.2) is 42.7 Å². The molecular weight excluding hydrogens is 428 g/mol. The van der Waals surface area contributed by atoms with Gasteiger partial charge in [0.05, 0.1) is 5.92 Å². The van der Waals surface area contributed by atoms with Gasteiger partial charge in [-0.25, -0.2) is 4.39 Å². The Labute approximate surface area is 182 Å². The standard InChI is InChI=1S/C23H22F4N2O3/c24-18-7-5-15(6-8-18)21(30)28-11-1-4-17(14-28)22(31)29-12-2-3-16-13-19(9-10-20(16)29)32-23(25,26)27/h5-10,13,17H,1-4,11-12,14H2. The zero-order chi connectivity index (χ0) is 22.9. The number of aryl methyl sites for hydroxylation is 1. The van der Waals surface area contributed by atoms with Gasteiger partial charge in [0, 0.05) is 30.9 Å². The van der Waals surface area contributed by atoms with Gasteiger partial charge in [-0.3, -0.25) is 9.59 Å². The molecule has 0 bridgehead atoms. The molecule has 0 spiro atoms. The van der Waals surface area contributed by atoms with E-state index in [2.05, 4.69) is 4.74 Å². The molecule has 2 aromatic carbocycles. The van der Waals surface area contributed by atoms with Crippen molar-refractivity contribution in [2.75, 3.05) is 24.5 Å². The lowest BCUT2D eigenvalue weighted by Crippen LogP contribution is -2.48. The van der Waals surface area contributed by atoms with E-state index in [-0.39, 0.29) is 24.1 Å². The second kappa shape index (κ2) is 8.80. The highest BCUT2D eigenvalue weighted by Crippen LogP contribution is 2.34. The Morgan fingerprint density at radius 3 is 2.47 bits per heavy atom. The number of rotatable bonds is 3. The number of anilines is 1. The predicted molar refractivity (Wildman–Crippen MR) is 109 cm³/mol. The van der Waals surface area contributed by atoms with Crippen LogP contribution in [0.3, 0.4) is 0 Å². The summed E-state index contributed by atoms with van der Waals surface area (Å²) in [5.74, 6) is -1.55. The van der Waals surface area contributed by atoms with Gasteiger partial charge in [0.15, 0.2) is 0 Å². The number of halogens is 4. The molecule has 0 radical (unpaired) electrons. The molecule has 2 aromatic rings. The van der Waals surface area contributed by atoms with E-state index in [0.29, 0.717) is 55.6 Å². The first-order valence-electron chi connectivity index (χ1n) is 10.5. The summed E-state index contributed by atoms with van der Waals surface area (Å²) in [5, 5.41) is 0. The van der Waals surface area contributed by atoms with Gasteiger partial charge in [-0.15, -0.1) is 13.2 Å². The number of benzene rings is 2. The molecular formula is C23H22F4N2O3. The minimum atomic E-state index is -4.78.